The highest BCUT2D eigenvalue weighted by Gasteiger charge is 1.98. The second kappa shape index (κ2) is 6.49. The number of furan rings is 1. The highest BCUT2D eigenvalue weighted by atomic mass is 16.3. The van der Waals surface area contributed by atoms with Crippen LogP contribution in [-0.2, 0) is 4.79 Å². The molecule has 3 rings (SSSR count). The number of hydrazone groups is 1. The molecule has 0 aliphatic carbocycles. The monoisotopic (exact) mass is 291 g/mol. The Balaban J connectivity index is 1.67. The van der Waals surface area contributed by atoms with E-state index in [0.717, 1.165) is 16.5 Å². The molecular weight excluding hydrogens is 278 g/mol. The molecule has 0 saturated heterocycles. The van der Waals surface area contributed by atoms with E-state index in [1.165, 1.54) is 6.08 Å². The van der Waals surface area contributed by atoms with E-state index in [9.17, 15) is 4.79 Å². The SMILES string of the molecule is O=C(C=Cc1ccco1)NN=Cc1ccnc2ccccc12. The largest absolute Gasteiger partial charge is 0.465 e. The molecule has 0 spiro atoms. The van der Waals surface area contributed by atoms with Gasteiger partial charge in [-0.2, -0.15) is 5.10 Å². The summed E-state index contributed by atoms with van der Waals surface area (Å²) in [6.45, 7) is 0. The minimum absolute atomic E-state index is 0.328. The highest BCUT2D eigenvalue weighted by molar-refractivity contribution is 5.98. The number of carbonyl (C=O) groups is 1. The van der Waals surface area contributed by atoms with Gasteiger partial charge in [0.25, 0.3) is 5.91 Å². The average Bonchev–Trinajstić information content (AvgIpc) is 3.07. The number of pyridine rings is 1. The third-order valence-electron chi connectivity index (χ3n) is 3.00. The van der Waals surface area contributed by atoms with Crippen molar-refractivity contribution in [3.63, 3.8) is 0 Å². The number of hydrogen-bond donors (Lipinski definition) is 1. The van der Waals surface area contributed by atoms with Gasteiger partial charge in [0.2, 0.25) is 0 Å². The van der Waals surface area contributed by atoms with Gasteiger partial charge in [0.1, 0.15) is 5.76 Å². The summed E-state index contributed by atoms with van der Waals surface area (Å²) in [5.74, 6) is 0.283. The first-order chi connectivity index (χ1) is 10.8. The van der Waals surface area contributed by atoms with E-state index in [2.05, 4.69) is 15.5 Å². The van der Waals surface area contributed by atoms with E-state index < -0.39 is 0 Å². The molecule has 0 fully saturated rings. The zero-order valence-corrected chi connectivity index (χ0v) is 11.6. The number of benzene rings is 1. The second-order valence-electron chi connectivity index (χ2n) is 4.50. The Kier molecular flexibility index (Phi) is 4.06. The van der Waals surface area contributed by atoms with Gasteiger partial charge >= 0.3 is 0 Å². The maximum atomic E-state index is 11.6. The Hall–Kier alpha value is -3.21. The Morgan fingerprint density at radius 1 is 1.18 bits per heavy atom. The fraction of sp³-hybridized carbons (Fsp3) is 0. The predicted octanol–water partition coefficient (Wildman–Crippen LogP) is 2.99. The molecule has 1 N–H and O–H groups in total. The molecule has 0 unspecified atom stereocenters. The van der Waals surface area contributed by atoms with Gasteiger partial charge in [0.15, 0.2) is 0 Å². The van der Waals surface area contributed by atoms with Crippen LogP contribution in [0, 0.1) is 0 Å². The van der Waals surface area contributed by atoms with Crippen LogP contribution in [0.2, 0.25) is 0 Å². The lowest BCUT2D eigenvalue weighted by Crippen LogP contribution is -2.14. The molecule has 5 heteroatoms. The first kappa shape index (κ1) is 13.8. The fourth-order valence-corrected chi connectivity index (χ4v) is 1.98. The molecule has 0 aliphatic heterocycles. The molecule has 2 aromatic heterocycles. The van der Waals surface area contributed by atoms with Crippen LogP contribution < -0.4 is 5.43 Å². The first-order valence-electron chi connectivity index (χ1n) is 6.71. The van der Waals surface area contributed by atoms with Crippen LogP contribution in [0.3, 0.4) is 0 Å². The van der Waals surface area contributed by atoms with Crippen molar-refractivity contribution in [1.29, 1.82) is 0 Å². The van der Waals surface area contributed by atoms with Crippen LogP contribution in [0.4, 0.5) is 0 Å². The Morgan fingerprint density at radius 3 is 2.95 bits per heavy atom. The molecular formula is C17H13N3O2. The third-order valence-corrected chi connectivity index (χ3v) is 3.00. The molecule has 0 bridgehead atoms. The van der Waals surface area contributed by atoms with Crippen molar-refractivity contribution >= 4 is 29.1 Å². The zero-order valence-electron chi connectivity index (χ0n) is 11.6. The third kappa shape index (κ3) is 3.27. The summed E-state index contributed by atoms with van der Waals surface area (Å²) in [4.78, 5) is 15.9. The number of aromatic nitrogens is 1. The standard InChI is InChI=1S/C17H13N3O2/c21-17(8-7-14-4-3-11-22-14)20-19-12-13-9-10-18-16-6-2-1-5-15(13)16/h1-12H,(H,20,21). The summed E-state index contributed by atoms with van der Waals surface area (Å²) in [5, 5.41) is 4.94. The van der Waals surface area contributed by atoms with Gasteiger partial charge in [-0.1, -0.05) is 18.2 Å². The fourth-order valence-electron chi connectivity index (χ4n) is 1.98. The van der Waals surface area contributed by atoms with E-state index in [4.69, 9.17) is 4.42 Å². The van der Waals surface area contributed by atoms with Crippen LogP contribution >= 0.6 is 0 Å². The Morgan fingerprint density at radius 2 is 2.09 bits per heavy atom. The van der Waals surface area contributed by atoms with E-state index in [1.807, 2.05) is 30.3 Å². The van der Waals surface area contributed by atoms with Crippen LogP contribution in [0.15, 0.2) is 70.5 Å². The summed E-state index contributed by atoms with van der Waals surface area (Å²) in [6.07, 6.45) is 7.79. The van der Waals surface area contributed by atoms with Crippen LogP contribution in [0.25, 0.3) is 17.0 Å². The first-order valence-corrected chi connectivity index (χ1v) is 6.71. The summed E-state index contributed by atoms with van der Waals surface area (Å²) in [5.41, 5.74) is 4.21. The van der Waals surface area contributed by atoms with Crippen molar-refractivity contribution in [2.75, 3.05) is 0 Å². The topological polar surface area (TPSA) is 67.5 Å². The summed E-state index contributed by atoms with van der Waals surface area (Å²) in [6, 6.07) is 13.1. The molecule has 3 aromatic rings. The minimum atomic E-state index is -0.328. The second-order valence-corrected chi connectivity index (χ2v) is 4.50. The van der Waals surface area contributed by atoms with Gasteiger partial charge in [-0.15, -0.1) is 0 Å². The summed E-state index contributed by atoms with van der Waals surface area (Å²) < 4.78 is 5.09. The number of nitrogens with one attached hydrogen (secondary N) is 1. The Labute approximate surface area is 127 Å². The Bertz CT molecular complexity index is 831. The normalized spacial score (nSPS) is 11.5. The van der Waals surface area contributed by atoms with Gasteiger partial charge in [-0.25, -0.2) is 5.43 Å². The van der Waals surface area contributed by atoms with E-state index in [1.54, 1.807) is 36.9 Å². The number of nitrogens with zero attached hydrogens (tertiary/aromatic N) is 2. The lowest BCUT2D eigenvalue weighted by molar-refractivity contribution is -0.116. The lowest BCUT2D eigenvalue weighted by Gasteiger charge is -2.00. The maximum absolute atomic E-state index is 11.6. The van der Waals surface area contributed by atoms with Crippen molar-refractivity contribution in [3.8, 4) is 0 Å². The highest BCUT2D eigenvalue weighted by Crippen LogP contribution is 2.14. The van der Waals surface area contributed by atoms with E-state index in [-0.39, 0.29) is 5.91 Å². The lowest BCUT2D eigenvalue weighted by atomic mass is 10.1. The molecule has 0 aliphatic rings. The number of fused-ring (bicyclic) bond motifs is 1. The van der Waals surface area contributed by atoms with E-state index >= 15 is 0 Å². The summed E-state index contributed by atoms with van der Waals surface area (Å²) >= 11 is 0. The molecule has 0 saturated carbocycles. The van der Waals surface area contributed by atoms with Crippen LogP contribution in [0.1, 0.15) is 11.3 Å². The molecule has 5 nitrogen and oxygen atoms in total. The zero-order chi connectivity index (χ0) is 15.2. The number of amides is 1. The number of rotatable bonds is 4. The molecule has 1 aromatic carbocycles. The van der Waals surface area contributed by atoms with Crippen molar-refractivity contribution in [3.05, 3.63) is 72.3 Å². The average molecular weight is 291 g/mol. The number of hydrogen-bond acceptors (Lipinski definition) is 4. The van der Waals surface area contributed by atoms with Crippen molar-refractivity contribution in [2.24, 2.45) is 5.10 Å². The van der Waals surface area contributed by atoms with Gasteiger partial charge < -0.3 is 4.42 Å². The van der Waals surface area contributed by atoms with E-state index in [0.29, 0.717) is 5.76 Å². The van der Waals surface area contributed by atoms with Crippen LogP contribution in [-0.4, -0.2) is 17.1 Å². The summed E-state index contributed by atoms with van der Waals surface area (Å²) in [7, 11) is 0. The van der Waals surface area contributed by atoms with Crippen molar-refractivity contribution in [1.82, 2.24) is 10.4 Å². The predicted molar refractivity (Wildman–Crippen MR) is 85.2 cm³/mol. The molecule has 0 radical (unpaired) electrons. The molecule has 108 valence electrons. The van der Waals surface area contributed by atoms with Crippen molar-refractivity contribution in [2.45, 2.75) is 0 Å². The number of para-hydroxylation sites is 1. The van der Waals surface area contributed by atoms with Gasteiger partial charge in [0, 0.05) is 23.2 Å². The smallest absolute Gasteiger partial charge is 0.264 e. The quantitative estimate of drug-likeness (QED) is 0.456. The molecule has 2 heterocycles. The maximum Gasteiger partial charge on any atom is 0.264 e. The molecule has 1 amide bonds. The van der Waals surface area contributed by atoms with Gasteiger partial charge in [-0.3, -0.25) is 9.78 Å². The van der Waals surface area contributed by atoms with Gasteiger partial charge in [-0.05, 0) is 30.3 Å². The molecule has 22 heavy (non-hydrogen) atoms. The van der Waals surface area contributed by atoms with Crippen molar-refractivity contribution < 1.29 is 9.21 Å². The van der Waals surface area contributed by atoms with Crippen LogP contribution in [0.5, 0.6) is 0 Å². The minimum Gasteiger partial charge on any atom is -0.465 e. The molecule has 0 atom stereocenters. The number of carbonyl (C=O) groups excluding carboxylic acids is 1. The van der Waals surface area contributed by atoms with Gasteiger partial charge in [0.05, 0.1) is 18.0 Å².